The van der Waals surface area contributed by atoms with E-state index in [0.29, 0.717) is 0 Å². The Bertz CT molecular complexity index is 616. The number of anilines is 2. The first kappa shape index (κ1) is 14.6. The number of hydrogen-bond donors (Lipinski definition) is 1. The first-order valence-electron chi connectivity index (χ1n) is 8.00. The van der Waals surface area contributed by atoms with Gasteiger partial charge in [0.15, 0.2) is 0 Å². The Morgan fingerprint density at radius 3 is 2.18 bits per heavy atom. The third-order valence-electron chi connectivity index (χ3n) is 4.35. The lowest BCUT2D eigenvalue weighted by Crippen LogP contribution is -2.41. The van der Waals surface area contributed by atoms with Crippen molar-refractivity contribution < 1.29 is 4.79 Å². The van der Waals surface area contributed by atoms with Gasteiger partial charge in [-0.1, -0.05) is 37.5 Å². The molecule has 0 saturated heterocycles. The van der Waals surface area contributed by atoms with Gasteiger partial charge < -0.3 is 10.6 Å². The van der Waals surface area contributed by atoms with Crippen molar-refractivity contribution >= 4 is 17.3 Å². The van der Waals surface area contributed by atoms with E-state index in [-0.39, 0.29) is 11.9 Å². The first-order valence-corrected chi connectivity index (χ1v) is 8.00. The molecule has 0 atom stereocenters. The molecular weight excluding hydrogens is 272 g/mol. The number of rotatable bonds is 3. The highest BCUT2D eigenvalue weighted by atomic mass is 16.2. The van der Waals surface area contributed by atoms with Gasteiger partial charge in [-0.15, -0.1) is 0 Å². The van der Waals surface area contributed by atoms with E-state index in [0.717, 1.165) is 29.8 Å². The lowest BCUT2D eigenvalue weighted by molar-refractivity contribution is 0.0970. The van der Waals surface area contributed by atoms with Crippen LogP contribution in [0.1, 0.15) is 42.5 Å². The summed E-state index contributed by atoms with van der Waals surface area (Å²) in [6.07, 6.45) is 5.80. The van der Waals surface area contributed by atoms with Crippen LogP contribution in [0.4, 0.5) is 11.4 Å². The fourth-order valence-electron chi connectivity index (χ4n) is 3.19. The molecule has 0 unspecified atom stereocenters. The van der Waals surface area contributed by atoms with Gasteiger partial charge in [0.25, 0.3) is 5.91 Å². The van der Waals surface area contributed by atoms with Crippen LogP contribution in [-0.2, 0) is 0 Å². The molecule has 22 heavy (non-hydrogen) atoms. The highest BCUT2D eigenvalue weighted by Crippen LogP contribution is 2.29. The van der Waals surface area contributed by atoms with E-state index >= 15 is 0 Å². The molecule has 0 aromatic heterocycles. The maximum atomic E-state index is 13.0. The van der Waals surface area contributed by atoms with Crippen molar-refractivity contribution in [1.29, 1.82) is 0 Å². The molecule has 2 N–H and O–H groups in total. The van der Waals surface area contributed by atoms with Crippen LogP contribution in [0, 0.1) is 0 Å². The topological polar surface area (TPSA) is 46.3 Å². The van der Waals surface area contributed by atoms with E-state index in [9.17, 15) is 4.79 Å². The van der Waals surface area contributed by atoms with Crippen molar-refractivity contribution in [2.24, 2.45) is 0 Å². The molecule has 0 spiro atoms. The SMILES string of the molecule is Nc1ccc(N(C(=O)c2ccccc2)C2CCCCC2)cc1. The van der Waals surface area contributed by atoms with Crippen LogP contribution < -0.4 is 10.6 Å². The van der Waals surface area contributed by atoms with Gasteiger partial charge >= 0.3 is 0 Å². The molecule has 2 aromatic carbocycles. The number of carbonyl (C=O) groups excluding carboxylic acids is 1. The lowest BCUT2D eigenvalue weighted by atomic mass is 9.93. The fraction of sp³-hybridized carbons (Fsp3) is 0.316. The maximum absolute atomic E-state index is 13.0. The van der Waals surface area contributed by atoms with Gasteiger partial charge in [-0.25, -0.2) is 0 Å². The molecule has 2 aromatic rings. The average Bonchev–Trinajstić information content (AvgIpc) is 2.58. The van der Waals surface area contributed by atoms with Crippen LogP contribution in [0.3, 0.4) is 0 Å². The van der Waals surface area contributed by atoms with Crippen LogP contribution in [-0.4, -0.2) is 11.9 Å². The standard InChI is InChI=1S/C19H22N2O/c20-16-11-13-18(14-12-16)21(17-9-5-2-6-10-17)19(22)15-7-3-1-4-8-15/h1,3-4,7-8,11-14,17H,2,5-6,9-10,20H2. The van der Waals surface area contributed by atoms with Crippen molar-refractivity contribution in [3.8, 4) is 0 Å². The Kier molecular flexibility index (Phi) is 4.42. The van der Waals surface area contributed by atoms with Crippen LogP contribution in [0.5, 0.6) is 0 Å². The maximum Gasteiger partial charge on any atom is 0.258 e. The summed E-state index contributed by atoms with van der Waals surface area (Å²) in [7, 11) is 0. The molecule has 0 aliphatic heterocycles. The average molecular weight is 294 g/mol. The zero-order valence-electron chi connectivity index (χ0n) is 12.7. The quantitative estimate of drug-likeness (QED) is 0.860. The van der Waals surface area contributed by atoms with Gasteiger partial charge in [-0.3, -0.25) is 4.79 Å². The zero-order valence-corrected chi connectivity index (χ0v) is 12.7. The Morgan fingerprint density at radius 2 is 1.55 bits per heavy atom. The number of nitrogens with zero attached hydrogens (tertiary/aromatic N) is 1. The summed E-state index contributed by atoms with van der Waals surface area (Å²) >= 11 is 0. The third kappa shape index (κ3) is 3.14. The van der Waals surface area contributed by atoms with E-state index in [4.69, 9.17) is 5.73 Å². The highest BCUT2D eigenvalue weighted by Gasteiger charge is 2.27. The van der Waals surface area contributed by atoms with Gasteiger partial charge in [0.1, 0.15) is 0 Å². The van der Waals surface area contributed by atoms with Gasteiger partial charge in [0.05, 0.1) is 0 Å². The lowest BCUT2D eigenvalue weighted by Gasteiger charge is -2.34. The highest BCUT2D eigenvalue weighted by molar-refractivity contribution is 6.06. The number of hydrogen-bond acceptors (Lipinski definition) is 2. The molecule has 3 nitrogen and oxygen atoms in total. The summed E-state index contributed by atoms with van der Waals surface area (Å²) in [6.45, 7) is 0. The van der Waals surface area contributed by atoms with Crippen molar-refractivity contribution in [2.45, 2.75) is 38.1 Å². The van der Waals surface area contributed by atoms with Crippen LogP contribution >= 0.6 is 0 Å². The van der Waals surface area contributed by atoms with Crippen LogP contribution in [0.15, 0.2) is 54.6 Å². The van der Waals surface area contributed by atoms with Crippen LogP contribution in [0.25, 0.3) is 0 Å². The van der Waals surface area contributed by atoms with Gasteiger partial charge in [-0.2, -0.15) is 0 Å². The predicted octanol–water partition coefficient (Wildman–Crippen LogP) is 4.25. The number of nitrogen functional groups attached to an aromatic ring is 1. The number of benzene rings is 2. The second-order valence-corrected chi connectivity index (χ2v) is 5.92. The summed E-state index contributed by atoms with van der Waals surface area (Å²) in [5.74, 6) is 0.0808. The summed E-state index contributed by atoms with van der Waals surface area (Å²) < 4.78 is 0. The fourth-order valence-corrected chi connectivity index (χ4v) is 3.19. The molecule has 0 heterocycles. The van der Waals surface area contributed by atoms with Gasteiger partial charge in [-0.05, 0) is 49.2 Å². The van der Waals surface area contributed by atoms with Crippen molar-refractivity contribution in [3.63, 3.8) is 0 Å². The second-order valence-electron chi connectivity index (χ2n) is 5.92. The Labute approximate surface area is 131 Å². The Balaban J connectivity index is 1.95. The minimum atomic E-state index is 0.0808. The van der Waals surface area contributed by atoms with E-state index in [1.165, 1.54) is 19.3 Å². The van der Waals surface area contributed by atoms with Gasteiger partial charge in [0, 0.05) is 23.0 Å². The molecule has 1 saturated carbocycles. The summed E-state index contributed by atoms with van der Waals surface area (Å²) in [5.41, 5.74) is 8.19. The molecule has 3 heteroatoms. The molecule has 1 amide bonds. The molecular formula is C19H22N2O. The molecule has 1 fully saturated rings. The van der Waals surface area contributed by atoms with E-state index in [1.54, 1.807) is 0 Å². The molecule has 0 radical (unpaired) electrons. The minimum Gasteiger partial charge on any atom is -0.399 e. The largest absolute Gasteiger partial charge is 0.399 e. The van der Waals surface area contributed by atoms with Crippen LogP contribution in [0.2, 0.25) is 0 Å². The molecule has 0 bridgehead atoms. The smallest absolute Gasteiger partial charge is 0.258 e. The summed E-state index contributed by atoms with van der Waals surface area (Å²) in [6, 6.07) is 17.4. The van der Waals surface area contributed by atoms with E-state index < -0.39 is 0 Å². The monoisotopic (exact) mass is 294 g/mol. The van der Waals surface area contributed by atoms with Gasteiger partial charge in [0.2, 0.25) is 0 Å². The third-order valence-corrected chi connectivity index (χ3v) is 4.35. The van der Waals surface area contributed by atoms with Crippen molar-refractivity contribution in [1.82, 2.24) is 0 Å². The summed E-state index contributed by atoms with van der Waals surface area (Å²) in [5, 5.41) is 0. The Hall–Kier alpha value is -2.29. The zero-order chi connectivity index (χ0) is 15.4. The summed E-state index contributed by atoms with van der Waals surface area (Å²) in [4.78, 5) is 15.0. The van der Waals surface area contributed by atoms with E-state index in [2.05, 4.69) is 0 Å². The van der Waals surface area contributed by atoms with E-state index in [1.807, 2.05) is 59.5 Å². The number of amides is 1. The molecule has 114 valence electrons. The van der Waals surface area contributed by atoms with Crippen molar-refractivity contribution in [3.05, 3.63) is 60.2 Å². The number of carbonyl (C=O) groups is 1. The van der Waals surface area contributed by atoms with Crippen molar-refractivity contribution in [2.75, 3.05) is 10.6 Å². The second kappa shape index (κ2) is 6.65. The molecule has 3 rings (SSSR count). The minimum absolute atomic E-state index is 0.0808. The first-order chi connectivity index (χ1) is 10.8. The predicted molar refractivity (Wildman–Crippen MR) is 91.0 cm³/mol. The molecule has 1 aliphatic rings. The number of nitrogens with two attached hydrogens (primary N) is 1. The molecule has 1 aliphatic carbocycles. The normalized spacial score (nSPS) is 15.5. The Morgan fingerprint density at radius 1 is 0.909 bits per heavy atom.